The molecule has 1 atom stereocenters. The van der Waals surface area contributed by atoms with Gasteiger partial charge in [-0.25, -0.2) is 0 Å². The highest BCUT2D eigenvalue weighted by Crippen LogP contribution is 2.41. The molecule has 0 saturated heterocycles. The number of para-hydroxylation sites is 1. The summed E-state index contributed by atoms with van der Waals surface area (Å²) in [5.74, 6) is 0.0486. The fourth-order valence-electron chi connectivity index (χ4n) is 2.65. The third kappa shape index (κ3) is 3.21. The Kier molecular flexibility index (Phi) is 4.84. The Morgan fingerprint density at radius 2 is 1.62 bits per heavy atom. The first-order valence-electron chi connectivity index (χ1n) is 7.13. The number of carbonyl (C=O) groups excluding carboxylic acids is 1. The molecule has 0 fully saturated rings. The third-order valence-electron chi connectivity index (χ3n) is 4.06. The monoisotopic (exact) mass is 338 g/mol. The summed E-state index contributed by atoms with van der Waals surface area (Å²) < 4.78 is 39.9. The Balaban J connectivity index is 2.72. The fraction of sp³-hybridized carbons (Fsp3) is 0.235. The summed E-state index contributed by atoms with van der Waals surface area (Å²) in [6, 6.07) is 9.85. The molecule has 1 amide bonds. The van der Waals surface area contributed by atoms with E-state index in [2.05, 4.69) is 10.6 Å². The van der Waals surface area contributed by atoms with E-state index in [9.17, 15) is 23.1 Å². The van der Waals surface area contributed by atoms with Crippen molar-refractivity contribution in [1.82, 2.24) is 5.32 Å². The number of hydrogen-bond acceptors (Lipinski definition) is 3. The molecular formula is C17H17F3N2O2. The summed E-state index contributed by atoms with van der Waals surface area (Å²) in [5, 5.41) is 14.6. The molecule has 2 aromatic carbocycles. The van der Waals surface area contributed by atoms with Crippen molar-refractivity contribution < 1.29 is 23.1 Å². The molecule has 0 heterocycles. The Morgan fingerprint density at radius 3 is 2.12 bits per heavy atom. The third-order valence-corrected chi connectivity index (χ3v) is 4.06. The minimum atomic E-state index is -4.61. The molecule has 0 saturated carbocycles. The maximum atomic E-state index is 13.3. The lowest BCUT2D eigenvalue weighted by Crippen LogP contribution is -2.39. The number of nitrogens with one attached hydrogen (secondary N) is 2. The van der Waals surface area contributed by atoms with E-state index in [-0.39, 0.29) is 23.4 Å². The van der Waals surface area contributed by atoms with Crippen LogP contribution in [0.4, 0.5) is 18.9 Å². The normalized spacial score (nSPS) is 14.0. The van der Waals surface area contributed by atoms with Gasteiger partial charge in [0.1, 0.15) is 5.75 Å². The van der Waals surface area contributed by atoms with E-state index < -0.39 is 17.3 Å². The van der Waals surface area contributed by atoms with Crippen LogP contribution in [0.1, 0.15) is 23.6 Å². The standard InChI is InChI=1S/C17H17F3N2O2/c1-16(21-2,11-6-8-12(24)9-7-11)13-4-3-5-14(17(18,19)20)15(13)22-10-23/h3-10,21,24H,1-2H3,(H,22,23). The van der Waals surface area contributed by atoms with Gasteiger partial charge in [0, 0.05) is 5.56 Å². The fourth-order valence-corrected chi connectivity index (χ4v) is 2.65. The van der Waals surface area contributed by atoms with E-state index in [1.54, 1.807) is 26.1 Å². The summed E-state index contributed by atoms with van der Waals surface area (Å²) in [5.41, 5.74) is -1.34. The smallest absolute Gasteiger partial charge is 0.418 e. The summed E-state index contributed by atoms with van der Waals surface area (Å²) in [4.78, 5) is 10.9. The second kappa shape index (κ2) is 6.52. The topological polar surface area (TPSA) is 61.4 Å². The highest BCUT2D eigenvalue weighted by atomic mass is 19.4. The van der Waals surface area contributed by atoms with Crippen LogP contribution in [0.3, 0.4) is 0 Å². The summed E-state index contributed by atoms with van der Waals surface area (Å²) in [7, 11) is 1.61. The number of rotatable bonds is 5. The Morgan fingerprint density at radius 1 is 1.04 bits per heavy atom. The quantitative estimate of drug-likeness (QED) is 0.732. The largest absolute Gasteiger partial charge is 0.508 e. The number of aromatic hydroxyl groups is 1. The molecule has 128 valence electrons. The van der Waals surface area contributed by atoms with Crippen molar-refractivity contribution in [2.75, 3.05) is 12.4 Å². The van der Waals surface area contributed by atoms with Crippen molar-refractivity contribution in [3.05, 3.63) is 59.2 Å². The molecule has 0 aliphatic heterocycles. The molecule has 0 aliphatic rings. The maximum Gasteiger partial charge on any atom is 0.418 e. The number of anilines is 1. The van der Waals surface area contributed by atoms with Crippen molar-refractivity contribution in [2.24, 2.45) is 0 Å². The number of phenols is 1. The highest BCUT2D eigenvalue weighted by molar-refractivity contribution is 5.77. The first-order valence-corrected chi connectivity index (χ1v) is 7.13. The zero-order valence-electron chi connectivity index (χ0n) is 13.1. The van der Waals surface area contributed by atoms with Gasteiger partial charge in [-0.1, -0.05) is 24.3 Å². The van der Waals surface area contributed by atoms with Crippen LogP contribution in [0.25, 0.3) is 0 Å². The number of alkyl halides is 3. The highest BCUT2D eigenvalue weighted by Gasteiger charge is 2.38. The SMILES string of the molecule is CNC(C)(c1ccc(O)cc1)c1cccc(C(F)(F)F)c1NC=O. The van der Waals surface area contributed by atoms with Gasteiger partial charge < -0.3 is 15.7 Å². The maximum absolute atomic E-state index is 13.3. The van der Waals surface area contributed by atoms with Crippen molar-refractivity contribution in [1.29, 1.82) is 0 Å². The molecule has 4 nitrogen and oxygen atoms in total. The van der Waals surface area contributed by atoms with Crippen LogP contribution in [-0.4, -0.2) is 18.6 Å². The molecule has 2 aromatic rings. The lowest BCUT2D eigenvalue weighted by molar-refractivity contribution is -0.137. The van der Waals surface area contributed by atoms with Gasteiger partial charge in [-0.15, -0.1) is 0 Å². The summed E-state index contributed by atoms with van der Waals surface area (Å²) in [6.45, 7) is 1.70. The molecule has 0 radical (unpaired) electrons. The Labute approximate surface area is 137 Å². The van der Waals surface area contributed by atoms with Crippen molar-refractivity contribution in [3.63, 3.8) is 0 Å². The molecule has 1 unspecified atom stereocenters. The molecule has 0 aliphatic carbocycles. The van der Waals surface area contributed by atoms with E-state index in [1.807, 2.05) is 0 Å². The van der Waals surface area contributed by atoms with Gasteiger partial charge in [0.05, 0.1) is 16.8 Å². The minimum Gasteiger partial charge on any atom is -0.508 e. The second-order valence-electron chi connectivity index (χ2n) is 5.41. The first-order chi connectivity index (χ1) is 11.2. The van der Waals surface area contributed by atoms with Crippen LogP contribution in [0.2, 0.25) is 0 Å². The lowest BCUT2D eigenvalue weighted by atomic mass is 9.82. The van der Waals surface area contributed by atoms with Crippen LogP contribution in [0, 0.1) is 0 Å². The van der Waals surface area contributed by atoms with Gasteiger partial charge in [0.15, 0.2) is 0 Å². The van der Waals surface area contributed by atoms with Crippen LogP contribution in [-0.2, 0) is 16.5 Å². The van der Waals surface area contributed by atoms with Crippen molar-refractivity contribution in [2.45, 2.75) is 18.6 Å². The number of carbonyl (C=O) groups is 1. The molecular weight excluding hydrogens is 321 g/mol. The van der Waals surface area contributed by atoms with E-state index in [0.29, 0.717) is 5.56 Å². The molecule has 0 bridgehead atoms. The van der Waals surface area contributed by atoms with Crippen molar-refractivity contribution >= 4 is 12.1 Å². The number of hydrogen-bond donors (Lipinski definition) is 3. The predicted octanol–water partition coefficient (Wildman–Crippen LogP) is 3.46. The first kappa shape index (κ1) is 17.8. The van der Waals surface area contributed by atoms with E-state index >= 15 is 0 Å². The number of halogens is 3. The average molecular weight is 338 g/mol. The number of amides is 1. The van der Waals surface area contributed by atoms with Gasteiger partial charge in [-0.05, 0) is 37.7 Å². The van der Waals surface area contributed by atoms with Crippen LogP contribution < -0.4 is 10.6 Å². The molecule has 24 heavy (non-hydrogen) atoms. The van der Waals surface area contributed by atoms with Gasteiger partial charge in [-0.3, -0.25) is 4.79 Å². The molecule has 7 heteroatoms. The van der Waals surface area contributed by atoms with E-state index in [4.69, 9.17) is 0 Å². The van der Waals surface area contributed by atoms with Gasteiger partial charge in [-0.2, -0.15) is 13.2 Å². The molecule has 2 rings (SSSR count). The molecule has 3 N–H and O–H groups in total. The number of benzene rings is 2. The van der Waals surface area contributed by atoms with Crippen LogP contribution in [0.5, 0.6) is 5.75 Å². The predicted molar refractivity (Wildman–Crippen MR) is 84.8 cm³/mol. The lowest BCUT2D eigenvalue weighted by Gasteiger charge is -2.33. The van der Waals surface area contributed by atoms with Gasteiger partial charge in [0.2, 0.25) is 6.41 Å². The van der Waals surface area contributed by atoms with E-state index in [0.717, 1.165) is 6.07 Å². The second-order valence-corrected chi connectivity index (χ2v) is 5.41. The molecule has 0 aromatic heterocycles. The minimum absolute atomic E-state index is 0.0486. The summed E-state index contributed by atoms with van der Waals surface area (Å²) in [6.07, 6.45) is -4.38. The Hall–Kier alpha value is -2.54. The summed E-state index contributed by atoms with van der Waals surface area (Å²) >= 11 is 0. The Bertz CT molecular complexity index is 730. The zero-order chi connectivity index (χ0) is 18.0. The van der Waals surface area contributed by atoms with Crippen LogP contribution in [0.15, 0.2) is 42.5 Å². The van der Waals surface area contributed by atoms with Crippen molar-refractivity contribution in [3.8, 4) is 5.75 Å². The van der Waals surface area contributed by atoms with E-state index in [1.165, 1.54) is 24.3 Å². The van der Waals surface area contributed by atoms with Crippen LogP contribution >= 0.6 is 0 Å². The molecule has 0 spiro atoms. The average Bonchev–Trinajstić information content (AvgIpc) is 2.54. The van der Waals surface area contributed by atoms with Gasteiger partial charge >= 0.3 is 6.18 Å². The van der Waals surface area contributed by atoms with Gasteiger partial charge in [0.25, 0.3) is 0 Å². The zero-order valence-corrected chi connectivity index (χ0v) is 13.1. The number of phenolic OH excluding ortho intramolecular Hbond substituents is 1.